The van der Waals surface area contributed by atoms with Crippen molar-refractivity contribution in [2.24, 2.45) is 10.9 Å². The number of nitrogens with one attached hydrogen (secondary N) is 1. The van der Waals surface area contributed by atoms with E-state index in [9.17, 15) is 0 Å². The Morgan fingerprint density at radius 1 is 1.18 bits per heavy atom. The summed E-state index contributed by atoms with van der Waals surface area (Å²) < 4.78 is 5.88. The molecule has 4 nitrogen and oxygen atoms in total. The van der Waals surface area contributed by atoms with Gasteiger partial charge in [-0.1, -0.05) is 18.2 Å². The molecular weight excluding hydrogens is 274 g/mol. The van der Waals surface area contributed by atoms with E-state index in [0.717, 1.165) is 31.9 Å². The van der Waals surface area contributed by atoms with Gasteiger partial charge in [-0.15, -0.1) is 0 Å². The van der Waals surface area contributed by atoms with Gasteiger partial charge < -0.3 is 15.0 Å². The lowest BCUT2D eigenvalue weighted by molar-refractivity contribution is 0.142. The zero-order valence-corrected chi connectivity index (χ0v) is 13.1. The molecule has 1 fully saturated rings. The Bertz CT molecular complexity index is 504. The highest BCUT2D eigenvalue weighted by atomic mass is 16.5. The van der Waals surface area contributed by atoms with Crippen LogP contribution in [0.4, 0.5) is 0 Å². The Balaban J connectivity index is 1.34. The largest absolute Gasteiger partial charge is 0.493 e. The average molecular weight is 299 g/mol. The number of likely N-dealkylation sites (tertiary alicyclic amines) is 1. The van der Waals surface area contributed by atoms with Crippen LogP contribution in [-0.4, -0.2) is 43.9 Å². The van der Waals surface area contributed by atoms with Crippen LogP contribution in [-0.2, 0) is 0 Å². The van der Waals surface area contributed by atoms with Crippen molar-refractivity contribution in [1.29, 1.82) is 0 Å². The highest BCUT2D eigenvalue weighted by molar-refractivity contribution is 5.62. The number of piperidine rings is 1. The van der Waals surface area contributed by atoms with Crippen molar-refractivity contribution in [3.8, 4) is 5.75 Å². The molecule has 0 radical (unpaired) electrons. The van der Waals surface area contributed by atoms with Gasteiger partial charge in [-0.3, -0.25) is 4.99 Å². The van der Waals surface area contributed by atoms with Crippen LogP contribution in [0, 0.1) is 5.92 Å². The van der Waals surface area contributed by atoms with Gasteiger partial charge in [0.1, 0.15) is 5.75 Å². The first-order valence-electron chi connectivity index (χ1n) is 8.25. The lowest BCUT2D eigenvalue weighted by Gasteiger charge is -2.32. The van der Waals surface area contributed by atoms with Crippen molar-refractivity contribution >= 4 is 6.21 Å². The maximum Gasteiger partial charge on any atom is 0.119 e. The summed E-state index contributed by atoms with van der Waals surface area (Å²) in [6.07, 6.45) is 7.39. The molecule has 3 rings (SSSR count). The van der Waals surface area contributed by atoms with Crippen molar-refractivity contribution in [1.82, 2.24) is 10.2 Å². The van der Waals surface area contributed by atoms with E-state index in [-0.39, 0.29) is 0 Å². The van der Waals surface area contributed by atoms with Gasteiger partial charge in [-0.2, -0.15) is 0 Å². The molecule has 4 heteroatoms. The molecule has 2 aliphatic rings. The molecule has 0 aliphatic carbocycles. The minimum absolute atomic E-state index is 0.688. The molecule has 0 aromatic heterocycles. The van der Waals surface area contributed by atoms with Crippen LogP contribution in [0.1, 0.15) is 19.3 Å². The third kappa shape index (κ3) is 4.60. The molecule has 2 aliphatic heterocycles. The van der Waals surface area contributed by atoms with Crippen molar-refractivity contribution in [3.63, 3.8) is 0 Å². The van der Waals surface area contributed by atoms with E-state index in [2.05, 4.69) is 15.2 Å². The zero-order valence-electron chi connectivity index (χ0n) is 13.1. The summed E-state index contributed by atoms with van der Waals surface area (Å²) in [4.78, 5) is 6.76. The number of hydrogen-bond acceptors (Lipinski definition) is 4. The smallest absolute Gasteiger partial charge is 0.119 e. The van der Waals surface area contributed by atoms with Crippen LogP contribution in [0.25, 0.3) is 0 Å². The third-order valence-corrected chi connectivity index (χ3v) is 4.39. The number of benzene rings is 1. The Kier molecular flexibility index (Phi) is 5.48. The van der Waals surface area contributed by atoms with Crippen LogP contribution in [0.2, 0.25) is 0 Å². The zero-order chi connectivity index (χ0) is 15.0. The Morgan fingerprint density at radius 2 is 2.00 bits per heavy atom. The van der Waals surface area contributed by atoms with Crippen molar-refractivity contribution in [2.75, 3.05) is 32.8 Å². The van der Waals surface area contributed by atoms with E-state index < -0.39 is 0 Å². The standard InChI is InChI=1S/C18H25N3O/c1-2-4-18(5-3-1)22-15-16-6-11-21(12-7-16)13-8-17-14-19-9-10-20-17/h1-5,9,14,16,20H,6-8,10-13,15H2. The molecule has 1 N–H and O–H groups in total. The minimum atomic E-state index is 0.688. The first kappa shape index (κ1) is 15.1. The molecule has 118 valence electrons. The second kappa shape index (κ2) is 7.99. The summed E-state index contributed by atoms with van der Waals surface area (Å²) in [5.41, 5.74) is 1.26. The Labute approximate surface area is 132 Å². The number of ether oxygens (including phenoxy) is 1. The molecule has 0 amide bonds. The molecular formula is C18H25N3O. The van der Waals surface area contributed by atoms with Gasteiger partial charge in [0.2, 0.25) is 0 Å². The molecule has 22 heavy (non-hydrogen) atoms. The molecule has 1 aromatic carbocycles. The summed E-state index contributed by atoms with van der Waals surface area (Å²) in [5.74, 6) is 1.67. The van der Waals surface area contributed by atoms with Gasteiger partial charge in [0.05, 0.1) is 13.2 Å². The van der Waals surface area contributed by atoms with E-state index in [1.54, 1.807) is 0 Å². The Hall–Kier alpha value is -1.81. The number of hydrogen-bond donors (Lipinski definition) is 1. The summed E-state index contributed by atoms with van der Waals surface area (Å²) in [5, 5.41) is 3.37. The van der Waals surface area contributed by atoms with Gasteiger partial charge in [0.25, 0.3) is 0 Å². The van der Waals surface area contributed by atoms with Crippen molar-refractivity contribution < 1.29 is 4.74 Å². The first-order valence-corrected chi connectivity index (χ1v) is 8.25. The molecule has 0 saturated carbocycles. The van der Waals surface area contributed by atoms with Gasteiger partial charge in [-0.05, 0) is 44.0 Å². The molecule has 1 aromatic rings. The maximum atomic E-state index is 5.88. The number of aliphatic imine (C=N–C) groups is 1. The SMILES string of the molecule is C1=NC=C(CCN2CCC(COc3ccccc3)CC2)NC1. The molecule has 0 bridgehead atoms. The van der Waals surface area contributed by atoms with Crippen LogP contribution in [0.15, 0.2) is 47.2 Å². The van der Waals surface area contributed by atoms with Gasteiger partial charge in [0, 0.05) is 31.1 Å². The molecule has 2 heterocycles. The van der Waals surface area contributed by atoms with Crippen LogP contribution >= 0.6 is 0 Å². The van der Waals surface area contributed by atoms with E-state index in [0.29, 0.717) is 5.92 Å². The second-order valence-corrected chi connectivity index (χ2v) is 6.03. The molecule has 0 spiro atoms. The van der Waals surface area contributed by atoms with E-state index >= 15 is 0 Å². The van der Waals surface area contributed by atoms with Gasteiger partial charge >= 0.3 is 0 Å². The molecule has 0 atom stereocenters. The predicted molar refractivity (Wildman–Crippen MR) is 90.3 cm³/mol. The fraction of sp³-hybridized carbons (Fsp3) is 0.500. The average Bonchev–Trinajstić information content (AvgIpc) is 2.61. The fourth-order valence-corrected chi connectivity index (χ4v) is 2.96. The van der Waals surface area contributed by atoms with E-state index in [1.165, 1.54) is 31.6 Å². The summed E-state index contributed by atoms with van der Waals surface area (Å²) in [7, 11) is 0. The summed E-state index contributed by atoms with van der Waals surface area (Å²) in [6.45, 7) is 5.20. The monoisotopic (exact) mass is 299 g/mol. The van der Waals surface area contributed by atoms with Crippen LogP contribution in [0.5, 0.6) is 5.75 Å². The summed E-state index contributed by atoms with van der Waals surface area (Å²) >= 11 is 0. The van der Waals surface area contributed by atoms with Gasteiger partial charge in [0.15, 0.2) is 0 Å². The first-order chi connectivity index (χ1) is 10.9. The van der Waals surface area contributed by atoms with Crippen molar-refractivity contribution in [2.45, 2.75) is 19.3 Å². The maximum absolute atomic E-state index is 5.88. The quantitative estimate of drug-likeness (QED) is 0.877. The third-order valence-electron chi connectivity index (χ3n) is 4.39. The van der Waals surface area contributed by atoms with E-state index in [4.69, 9.17) is 4.74 Å². The lowest BCUT2D eigenvalue weighted by Crippen LogP contribution is -2.37. The van der Waals surface area contributed by atoms with Crippen molar-refractivity contribution in [3.05, 3.63) is 42.2 Å². The van der Waals surface area contributed by atoms with Crippen LogP contribution in [0.3, 0.4) is 0 Å². The lowest BCUT2D eigenvalue weighted by atomic mass is 9.97. The fourth-order valence-electron chi connectivity index (χ4n) is 2.96. The van der Waals surface area contributed by atoms with E-state index in [1.807, 2.05) is 42.7 Å². The predicted octanol–water partition coefficient (Wildman–Crippen LogP) is 2.68. The highest BCUT2D eigenvalue weighted by Crippen LogP contribution is 2.20. The summed E-state index contributed by atoms with van der Waals surface area (Å²) in [6, 6.07) is 10.1. The second-order valence-electron chi connectivity index (χ2n) is 6.03. The molecule has 1 saturated heterocycles. The Morgan fingerprint density at radius 3 is 2.73 bits per heavy atom. The number of rotatable bonds is 6. The normalized spacial score (nSPS) is 19.5. The topological polar surface area (TPSA) is 36.9 Å². The highest BCUT2D eigenvalue weighted by Gasteiger charge is 2.19. The number of para-hydroxylation sites is 1. The minimum Gasteiger partial charge on any atom is -0.493 e. The molecule has 0 unspecified atom stereocenters. The van der Waals surface area contributed by atoms with Crippen LogP contribution < -0.4 is 10.1 Å². The number of nitrogens with zero attached hydrogens (tertiary/aromatic N) is 2. The van der Waals surface area contributed by atoms with Gasteiger partial charge in [-0.25, -0.2) is 0 Å².